The van der Waals surface area contributed by atoms with Gasteiger partial charge in [-0.3, -0.25) is 4.79 Å². The van der Waals surface area contributed by atoms with Crippen molar-refractivity contribution >= 4 is 23.8 Å². The molecule has 0 aliphatic heterocycles. The van der Waals surface area contributed by atoms with Crippen molar-refractivity contribution in [1.82, 2.24) is 9.80 Å². The van der Waals surface area contributed by atoms with Crippen molar-refractivity contribution in [2.24, 2.45) is 0 Å². The molecule has 17 heavy (non-hydrogen) atoms. The lowest BCUT2D eigenvalue weighted by Crippen LogP contribution is -2.48. The summed E-state index contributed by atoms with van der Waals surface area (Å²) < 4.78 is 0. The van der Waals surface area contributed by atoms with Crippen molar-refractivity contribution < 1.29 is 14.7 Å². The predicted molar refractivity (Wildman–Crippen MR) is 70.5 cm³/mol. The number of rotatable bonds is 7. The lowest BCUT2D eigenvalue weighted by atomic mass is 10.2. The normalized spacial score (nSPS) is 12.0. The molecular formula is C11H22N2O3S. The van der Waals surface area contributed by atoms with Gasteiger partial charge in [0.2, 0.25) is 0 Å². The van der Waals surface area contributed by atoms with E-state index in [1.54, 1.807) is 23.7 Å². The Balaban J connectivity index is 4.56. The number of hydrogen-bond donors (Lipinski definition) is 1. The summed E-state index contributed by atoms with van der Waals surface area (Å²) in [6.45, 7) is 4.20. The van der Waals surface area contributed by atoms with Crippen molar-refractivity contribution in [3.63, 3.8) is 0 Å². The zero-order chi connectivity index (χ0) is 13.4. The molecule has 1 unspecified atom stereocenters. The van der Waals surface area contributed by atoms with Crippen LogP contribution in [0.25, 0.3) is 0 Å². The standard InChI is InChI=1S/C11H22N2O3S/c1-5-9(2)13(8-10(14)15)11(16)12(3)6-7-17-4/h9H,5-8H2,1-4H3,(H,14,15). The molecule has 6 heteroatoms. The van der Waals surface area contributed by atoms with E-state index in [4.69, 9.17) is 5.11 Å². The number of carboxylic acids is 1. The van der Waals surface area contributed by atoms with E-state index < -0.39 is 5.97 Å². The Bertz CT molecular complexity index is 261. The lowest BCUT2D eigenvalue weighted by molar-refractivity contribution is -0.138. The first kappa shape index (κ1) is 16.1. The summed E-state index contributed by atoms with van der Waals surface area (Å²) in [5, 5.41) is 8.82. The Morgan fingerprint density at radius 2 is 2.00 bits per heavy atom. The fraction of sp³-hybridized carbons (Fsp3) is 0.818. The Labute approximate surface area is 107 Å². The molecule has 0 heterocycles. The van der Waals surface area contributed by atoms with Crippen molar-refractivity contribution in [2.45, 2.75) is 26.3 Å². The van der Waals surface area contributed by atoms with Crippen LogP contribution in [0.5, 0.6) is 0 Å². The molecule has 5 nitrogen and oxygen atoms in total. The number of hydrogen-bond acceptors (Lipinski definition) is 3. The number of aliphatic carboxylic acids is 1. The Morgan fingerprint density at radius 3 is 2.41 bits per heavy atom. The summed E-state index contributed by atoms with van der Waals surface area (Å²) in [6, 6.07) is -0.272. The zero-order valence-corrected chi connectivity index (χ0v) is 11.8. The van der Waals surface area contributed by atoms with Crippen LogP contribution in [0.15, 0.2) is 0 Å². The highest BCUT2D eigenvalue weighted by Gasteiger charge is 2.24. The molecule has 0 aromatic heterocycles. The number of nitrogens with zero attached hydrogens (tertiary/aromatic N) is 2. The average molecular weight is 262 g/mol. The van der Waals surface area contributed by atoms with Crippen LogP contribution in [0, 0.1) is 0 Å². The molecule has 0 saturated carbocycles. The molecule has 1 N–H and O–H groups in total. The maximum atomic E-state index is 12.1. The number of carbonyl (C=O) groups is 2. The van der Waals surface area contributed by atoms with Gasteiger partial charge in [0, 0.05) is 25.4 Å². The van der Waals surface area contributed by atoms with Gasteiger partial charge in [0.15, 0.2) is 0 Å². The van der Waals surface area contributed by atoms with Crippen LogP contribution in [0.2, 0.25) is 0 Å². The van der Waals surface area contributed by atoms with Gasteiger partial charge in [-0.1, -0.05) is 6.92 Å². The number of thioether (sulfide) groups is 1. The van der Waals surface area contributed by atoms with Gasteiger partial charge in [0.05, 0.1) is 0 Å². The van der Waals surface area contributed by atoms with E-state index in [-0.39, 0.29) is 18.6 Å². The fourth-order valence-electron chi connectivity index (χ4n) is 1.32. The molecule has 2 amide bonds. The van der Waals surface area contributed by atoms with Gasteiger partial charge in [-0.25, -0.2) is 4.79 Å². The summed E-state index contributed by atoms with van der Waals surface area (Å²) in [5.74, 6) is -0.124. The van der Waals surface area contributed by atoms with Crippen LogP contribution < -0.4 is 0 Å². The van der Waals surface area contributed by atoms with Crippen LogP contribution in [-0.2, 0) is 4.79 Å². The minimum Gasteiger partial charge on any atom is -0.480 e. The summed E-state index contributed by atoms with van der Waals surface area (Å²) in [6.07, 6.45) is 2.72. The second-order valence-corrected chi connectivity index (χ2v) is 4.96. The van der Waals surface area contributed by atoms with Gasteiger partial charge in [0.1, 0.15) is 6.54 Å². The van der Waals surface area contributed by atoms with Gasteiger partial charge >= 0.3 is 12.0 Å². The molecule has 0 fully saturated rings. The van der Waals surface area contributed by atoms with E-state index in [2.05, 4.69) is 0 Å². The minimum absolute atomic E-state index is 0.0599. The quantitative estimate of drug-likeness (QED) is 0.757. The van der Waals surface area contributed by atoms with Crippen molar-refractivity contribution in [3.8, 4) is 0 Å². The third kappa shape index (κ3) is 5.81. The smallest absolute Gasteiger partial charge is 0.323 e. The van der Waals surface area contributed by atoms with Crippen molar-refractivity contribution in [2.75, 3.05) is 32.1 Å². The first-order valence-electron chi connectivity index (χ1n) is 5.66. The summed E-state index contributed by atoms with van der Waals surface area (Å²) in [4.78, 5) is 25.8. The Morgan fingerprint density at radius 1 is 1.41 bits per heavy atom. The Hall–Kier alpha value is -0.910. The second-order valence-electron chi connectivity index (χ2n) is 3.98. The van der Waals surface area contributed by atoms with Gasteiger partial charge in [-0.15, -0.1) is 0 Å². The van der Waals surface area contributed by atoms with Gasteiger partial charge in [-0.2, -0.15) is 11.8 Å². The van der Waals surface area contributed by atoms with E-state index in [0.29, 0.717) is 6.54 Å². The average Bonchev–Trinajstić information content (AvgIpc) is 2.30. The topological polar surface area (TPSA) is 60.9 Å². The van der Waals surface area contributed by atoms with E-state index in [1.165, 1.54) is 4.90 Å². The van der Waals surface area contributed by atoms with Crippen LogP contribution in [-0.4, -0.2) is 65.1 Å². The number of amides is 2. The van der Waals surface area contributed by atoms with E-state index >= 15 is 0 Å². The molecule has 0 aromatic rings. The second kappa shape index (κ2) is 8.22. The zero-order valence-electron chi connectivity index (χ0n) is 11.0. The summed E-state index contributed by atoms with van der Waals surface area (Å²) >= 11 is 1.66. The van der Waals surface area contributed by atoms with E-state index in [0.717, 1.165) is 12.2 Å². The van der Waals surface area contributed by atoms with Gasteiger partial charge < -0.3 is 14.9 Å². The van der Waals surface area contributed by atoms with Gasteiger partial charge in [-0.05, 0) is 19.6 Å². The van der Waals surface area contributed by atoms with Crippen molar-refractivity contribution in [1.29, 1.82) is 0 Å². The number of carboxylic acid groups (broad SMARTS) is 1. The third-order valence-corrected chi connectivity index (χ3v) is 3.22. The first-order chi connectivity index (χ1) is 7.93. The molecule has 0 saturated heterocycles. The lowest BCUT2D eigenvalue weighted by Gasteiger charge is -2.31. The minimum atomic E-state index is -0.975. The number of carbonyl (C=O) groups excluding carboxylic acids is 1. The summed E-state index contributed by atoms with van der Waals surface area (Å²) in [7, 11) is 1.70. The molecule has 0 aliphatic carbocycles. The Kier molecular flexibility index (Phi) is 7.78. The highest BCUT2D eigenvalue weighted by Crippen LogP contribution is 2.07. The fourth-order valence-corrected chi connectivity index (χ4v) is 1.78. The molecule has 100 valence electrons. The van der Waals surface area contributed by atoms with Crippen LogP contribution in [0.4, 0.5) is 4.79 Å². The molecule has 1 atom stereocenters. The van der Waals surface area contributed by atoms with E-state index in [9.17, 15) is 9.59 Å². The van der Waals surface area contributed by atoms with Gasteiger partial charge in [0.25, 0.3) is 0 Å². The maximum Gasteiger partial charge on any atom is 0.323 e. The highest BCUT2D eigenvalue weighted by molar-refractivity contribution is 7.98. The molecular weight excluding hydrogens is 240 g/mol. The molecule has 0 aliphatic rings. The predicted octanol–water partition coefficient (Wildman–Crippen LogP) is 1.59. The van der Waals surface area contributed by atoms with Crippen molar-refractivity contribution in [3.05, 3.63) is 0 Å². The molecule has 0 aromatic carbocycles. The molecule has 0 spiro atoms. The monoisotopic (exact) mass is 262 g/mol. The molecule has 0 radical (unpaired) electrons. The summed E-state index contributed by atoms with van der Waals surface area (Å²) in [5.41, 5.74) is 0. The SMILES string of the molecule is CCC(C)N(CC(=O)O)C(=O)N(C)CCSC. The van der Waals surface area contributed by atoms with Crippen LogP contribution in [0.1, 0.15) is 20.3 Å². The first-order valence-corrected chi connectivity index (χ1v) is 7.05. The molecule has 0 bridgehead atoms. The molecule has 0 rings (SSSR count). The third-order valence-electron chi connectivity index (χ3n) is 2.63. The highest BCUT2D eigenvalue weighted by atomic mass is 32.2. The van der Waals surface area contributed by atoms with Crippen LogP contribution in [0.3, 0.4) is 0 Å². The number of urea groups is 1. The van der Waals surface area contributed by atoms with E-state index in [1.807, 2.05) is 20.1 Å². The van der Waals surface area contributed by atoms with Crippen LogP contribution >= 0.6 is 11.8 Å². The maximum absolute atomic E-state index is 12.1. The largest absolute Gasteiger partial charge is 0.480 e.